The molecule has 0 heterocycles. The van der Waals surface area contributed by atoms with Gasteiger partial charge in [-0.25, -0.2) is 0 Å². The van der Waals surface area contributed by atoms with E-state index in [1.54, 1.807) is 0 Å². The summed E-state index contributed by atoms with van der Waals surface area (Å²) in [4.78, 5) is 20.0. The molecule has 0 aromatic rings. The molecular formula is C12H14O4-2. The Morgan fingerprint density at radius 3 is 1.31 bits per heavy atom. The Morgan fingerprint density at radius 1 is 0.688 bits per heavy atom. The van der Waals surface area contributed by atoms with Crippen LogP contribution >= 0.6 is 0 Å². The van der Waals surface area contributed by atoms with Crippen molar-refractivity contribution in [2.45, 2.75) is 25.7 Å². The zero-order valence-electron chi connectivity index (χ0n) is 8.93. The maximum absolute atomic E-state index is 9.98. The van der Waals surface area contributed by atoms with Crippen molar-refractivity contribution in [2.24, 2.45) is 0 Å². The highest BCUT2D eigenvalue weighted by molar-refractivity contribution is 5.77. The molecule has 0 unspecified atom stereocenters. The summed E-state index contributed by atoms with van der Waals surface area (Å²) in [7, 11) is 0. The molecule has 4 heteroatoms. The van der Waals surface area contributed by atoms with Crippen LogP contribution in [0.25, 0.3) is 0 Å². The van der Waals surface area contributed by atoms with Gasteiger partial charge in [-0.1, -0.05) is 24.3 Å². The molecular weight excluding hydrogens is 208 g/mol. The maximum Gasteiger partial charge on any atom is 0.0639 e. The van der Waals surface area contributed by atoms with Crippen molar-refractivity contribution in [2.75, 3.05) is 0 Å². The number of rotatable bonds is 8. The highest BCUT2D eigenvalue weighted by atomic mass is 16.4. The summed E-state index contributed by atoms with van der Waals surface area (Å²) < 4.78 is 0. The van der Waals surface area contributed by atoms with Gasteiger partial charge >= 0.3 is 0 Å². The van der Waals surface area contributed by atoms with Crippen molar-refractivity contribution in [3.8, 4) is 0 Å². The normalized spacial score (nSPS) is 11.8. The van der Waals surface area contributed by atoms with Gasteiger partial charge in [0, 0.05) is 0 Å². The number of unbranched alkanes of at least 4 members (excludes halogenated alkanes) is 2. The molecule has 16 heavy (non-hydrogen) atoms. The van der Waals surface area contributed by atoms with Gasteiger partial charge in [0.2, 0.25) is 0 Å². The minimum Gasteiger partial charge on any atom is -0.545 e. The molecule has 0 radical (unpaired) electrons. The first kappa shape index (κ1) is 14.2. The highest BCUT2D eigenvalue weighted by Gasteiger charge is 1.79. The average Bonchev–Trinajstić information content (AvgIpc) is 2.20. The standard InChI is InChI=1S/C12H16O4/c13-11(14)9-7-5-3-1-2-4-6-8-10-12(15)16/h1-2,7-10H,3-6H2,(H,13,14)(H,15,16)/p-2/b2-1+,9-7+,10-8+. The van der Waals surface area contributed by atoms with Gasteiger partial charge in [-0.15, -0.1) is 0 Å². The number of carbonyl (C=O) groups is 2. The minimum atomic E-state index is -1.18. The lowest BCUT2D eigenvalue weighted by atomic mass is 10.2. The third-order valence-electron chi connectivity index (χ3n) is 1.67. The second-order valence-electron chi connectivity index (χ2n) is 3.07. The van der Waals surface area contributed by atoms with Crippen molar-refractivity contribution >= 4 is 11.9 Å². The summed E-state index contributed by atoms with van der Waals surface area (Å²) in [5.41, 5.74) is 0. The van der Waals surface area contributed by atoms with Gasteiger partial charge in [-0.05, 0) is 37.8 Å². The predicted octanol–water partition coefficient (Wildman–Crippen LogP) is -0.285. The van der Waals surface area contributed by atoms with Crippen LogP contribution in [0.3, 0.4) is 0 Å². The number of hydrogen-bond donors (Lipinski definition) is 0. The first-order valence-electron chi connectivity index (χ1n) is 5.03. The van der Waals surface area contributed by atoms with Gasteiger partial charge in [-0.3, -0.25) is 0 Å². The Hall–Kier alpha value is -1.84. The van der Waals surface area contributed by atoms with E-state index in [4.69, 9.17) is 0 Å². The number of carboxylic acids is 2. The fourth-order valence-electron chi connectivity index (χ4n) is 0.980. The predicted molar refractivity (Wildman–Crippen MR) is 55.9 cm³/mol. The lowest BCUT2D eigenvalue weighted by Crippen LogP contribution is -2.18. The zero-order valence-corrected chi connectivity index (χ0v) is 8.93. The van der Waals surface area contributed by atoms with Crippen molar-refractivity contribution in [3.05, 3.63) is 36.5 Å². The molecule has 0 saturated carbocycles. The quantitative estimate of drug-likeness (QED) is 0.321. The molecule has 0 aromatic heterocycles. The topological polar surface area (TPSA) is 80.3 Å². The molecule has 88 valence electrons. The molecule has 0 aliphatic carbocycles. The number of carboxylic acid groups (broad SMARTS) is 2. The fourth-order valence-corrected chi connectivity index (χ4v) is 0.980. The third kappa shape index (κ3) is 12.2. The van der Waals surface area contributed by atoms with Crippen LogP contribution in [0.1, 0.15) is 25.7 Å². The molecule has 0 N–H and O–H groups in total. The SMILES string of the molecule is O=C([O-])/C=C/CC/C=C/CC/C=C/C(=O)[O-]. The summed E-state index contributed by atoms with van der Waals surface area (Å²) in [5, 5.41) is 20.0. The summed E-state index contributed by atoms with van der Waals surface area (Å²) in [6.45, 7) is 0. The first-order chi connectivity index (χ1) is 7.63. The largest absolute Gasteiger partial charge is 0.545 e. The second-order valence-corrected chi connectivity index (χ2v) is 3.07. The Kier molecular flexibility index (Phi) is 8.59. The Bertz CT molecular complexity index is 270. The van der Waals surface area contributed by atoms with Crippen LogP contribution in [-0.2, 0) is 9.59 Å². The molecule has 0 saturated heterocycles. The van der Waals surface area contributed by atoms with Crippen LogP contribution in [-0.4, -0.2) is 11.9 Å². The van der Waals surface area contributed by atoms with Crippen LogP contribution < -0.4 is 10.2 Å². The number of allylic oxidation sites excluding steroid dienone is 4. The molecule has 0 atom stereocenters. The van der Waals surface area contributed by atoms with E-state index >= 15 is 0 Å². The maximum atomic E-state index is 9.98. The fraction of sp³-hybridized carbons (Fsp3) is 0.333. The van der Waals surface area contributed by atoms with Gasteiger partial charge in [0.15, 0.2) is 0 Å². The van der Waals surface area contributed by atoms with Gasteiger partial charge < -0.3 is 19.8 Å². The molecule has 0 aliphatic rings. The summed E-state index contributed by atoms with van der Waals surface area (Å²) in [6.07, 6.45) is 11.8. The van der Waals surface area contributed by atoms with E-state index in [1.165, 1.54) is 12.2 Å². The Labute approximate surface area is 94.6 Å². The third-order valence-corrected chi connectivity index (χ3v) is 1.67. The molecule has 0 rings (SSSR count). The van der Waals surface area contributed by atoms with Gasteiger partial charge in [0.25, 0.3) is 0 Å². The molecule has 0 spiro atoms. The summed E-state index contributed by atoms with van der Waals surface area (Å²) in [5.74, 6) is -2.37. The zero-order chi connectivity index (χ0) is 12.2. The Balaban J connectivity index is 3.42. The number of aliphatic carboxylic acids is 2. The molecule has 0 aromatic carbocycles. The first-order valence-corrected chi connectivity index (χ1v) is 5.03. The van der Waals surface area contributed by atoms with E-state index < -0.39 is 11.9 Å². The molecule has 4 nitrogen and oxygen atoms in total. The van der Waals surface area contributed by atoms with Crippen LogP contribution in [0, 0.1) is 0 Å². The molecule has 0 fully saturated rings. The van der Waals surface area contributed by atoms with E-state index in [2.05, 4.69) is 0 Å². The number of carbonyl (C=O) groups excluding carboxylic acids is 2. The van der Waals surface area contributed by atoms with Crippen molar-refractivity contribution in [1.82, 2.24) is 0 Å². The van der Waals surface area contributed by atoms with Crippen LogP contribution in [0.15, 0.2) is 36.5 Å². The molecule has 0 amide bonds. The van der Waals surface area contributed by atoms with Crippen molar-refractivity contribution < 1.29 is 19.8 Å². The lowest BCUT2D eigenvalue weighted by Gasteiger charge is -1.91. The molecule has 0 aliphatic heterocycles. The van der Waals surface area contributed by atoms with E-state index in [1.807, 2.05) is 12.2 Å². The lowest BCUT2D eigenvalue weighted by molar-refractivity contribution is -0.298. The Morgan fingerprint density at radius 2 is 1.00 bits per heavy atom. The number of hydrogen-bond acceptors (Lipinski definition) is 4. The van der Waals surface area contributed by atoms with Crippen LogP contribution in [0.5, 0.6) is 0 Å². The monoisotopic (exact) mass is 222 g/mol. The molecule has 0 bridgehead atoms. The summed E-state index contributed by atoms with van der Waals surface area (Å²) in [6, 6.07) is 0. The van der Waals surface area contributed by atoms with E-state index in [-0.39, 0.29) is 0 Å². The summed E-state index contributed by atoms with van der Waals surface area (Å²) >= 11 is 0. The van der Waals surface area contributed by atoms with Gasteiger partial charge in [0.05, 0.1) is 11.9 Å². The van der Waals surface area contributed by atoms with E-state index in [0.717, 1.165) is 25.0 Å². The van der Waals surface area contributed by atoms with Crippen molar-refractivity contribution in [3.63, 3.8) is 0 Å². The minimum absolute atomic E-state index is 0.652. The second kappa shape index (κ2) is 9.71. The average molecular weight is 222 g/mol. The highest BCUT2D eigenvalue weighted by Crippen LogP contribution is 1.97. The smallest absolute Gasteiger partial charge is 0.0639 e. The van der Waals surface area contributed by atoms with Crippen LogP contribution in [0.2, 0.25) is 0 Å². The van der Waals surface area contributed by atoms with Gasteiger partial charge in [-0.2, -0.15) is 0 Å². The van der Waals surface area contributed by atoms with Crippen molar-refractivity contribution in [1.29, 1.82) is 0 Å². The van der Waals surface area contributed by atoms with E-state index in [9.17, 15) is 19.8 Å². The van der Waals surface area contributed by atoms with Gasteiger partial charge in [0.1, 0.15) is 0 Å². The van der Waals surface area contributed by atoms with E-state index in [0.29, 0.717) is 12.8 Å². The van der Waals surface area contributed by atoms with Crippen LogP contribution in [0.4, 0.5) is 0 Å².